The van der Waals surface area contributed by atoms with Crippen molar-refractivity contribution in [2.75, 3.05) is 33.1 Å². The molecule has 1 aromatic heterocycles. The fourth-order valence-corrected chi connectivity index (χ4v) is 3.51. The summed E-state index contributed by atoms with van der Waals surface area (Å²) in [6.45, 7) is 2.49. The van der Waals surface area contributed by atoms with E-state index >= 15 is 0 Å². The highest BCUT2D eigenvalue weighted by molar-refractivity contribution is 6.04. The quantitative estimate of drug-likeness (QED) is 0.446. The smallest absolute Gasteiger partial charge is 0.303 e. The molecule has 0 unspecified atom stereocenters. The Labute approximate surface area is 200 Å². The van der Waals surface area contributed by atoms with Gasteiger partial charge in [0.05, 0.1) is 12.8 Å². The maximum atomic E-state index is 12.8. The molecule has 178 valence electrons. The molecule has 7 nitrogen and oxygen atoms in total. The summed E-state index contributed by atoms with van der Waals surface area (Å²) in [4.78, 5) is 30.2. The maximum absolute atomic E-state index is 12.8. The van der Waals surface area contributed by atoms with Crippen LogP contribution in [-0.2, 0) is 22.6 Å². The molecule has 0 atom stereocenters. The molecule has 2 aromatic carbocycles. The minimum absolute atomic E-state index is 0.156. The Morgan fingerprint density at radius 3 is 2.35 bits per heavy atom. The van der Waals surface area contributed by atoms with Gasteiger partial charge >= 0.3 is 5.97 Å². The van der Waals surface area contributed by atoms with Gasteiger partial charge in [-0.25, -0.2) is 0 Å². The third-order valence-electron chi connectivity index (χ3n) is 5.32. The van der Waals surface area contributed by atoms with E-state index < -0.39 is 0 Å². The van der Waals surface area contributed by atoms with Crippen LogP contribution in [0, 0.1) is 0 Å². The van der Waals surface area contributed by atoms with Gasteiger partial charge in [0.2, 0.25) is 0 Å². The van der Waals surface area contributed by atoms with E-state index in [4.69, 9.17) is 9.47 Å². The SMILES string of the molecule is COc1ccc(C(=O)Nc2ccc(-c3ccc(COC(C)=O)nc3)cc2)cc1CCCN(C)C. The average molecular weight is 462 g/mol. The van der Waals surface area contributed by atoms with Crippen molar-refractivity contribution in [3.63, 3.8) is 0 Å². The van der Waals surface area contributed by atoms with Crippen molar-refractivity contribution in [2.45, 2.75) is 26.4 Å². The van der Waals surface area contributed by atoms with Crippen molar-refractivity contribution in [3.05, 3.63) is 77.6 Å². The summed E-state index contributed by atoms with van der Waals surface area (Å²) in [6, 6.07) is 16.9. The number of nitrogens with one attached hydrogen (secondary N) is 1. The van der Waals surface area contributed by atoms with Gasteiger partial charge in [0.1, 0.15) is 12.4 Å². The molecular weight excluding hydrogens is 430 g/mol. The van der Waals surface area contributed by atoms with Crippen LogP contribution in [0.1, 0.15) is 35.0 Å². The largest absolute Gasteiger partial charge is 0.496 e. The van der Waals surface area contributed by atoms with Crippen molar-refractivity contribution in [1.82, 2.24) is 9.88 Å². The maximum Gasteiger partial charge on any atom is 0.303 e. The van der Waals surface area contributed by atoms with E-state index in [1.165, 1.54) is 6.92 Å². The lowest BCUT2D eigenvalue weighted by molar-refractivity contribution is -0.142. The lowest BCUT2D eigenvalue weighted by Crippen LogP contribution is -2.14. The number of aromatic nitrogens is 1. The minimum atomic E-state index is -0.335. The van der Waals surface area contributed by atoms with Gasteiger partial charge in [0.15, 0.2) is 0 Å². The van der Waals surface area contributed by atoms with Crippen LogP contribution in [-0.4, -0.2) is 49.5 Å². The highest BCUT2D eigenvalue weighted by atomic mass is 16.5. The fraction of sp³-hybridized carbons (Fsp3) is 0.296. The number of hydrogen-bond acceptors (Lipinski definition) is 6. The Morgan fingerprint density at radius 1 is 1.00 bits per heavy atom. The number of nitrogens with zero attached hydrogens (tertiary/aromatic N) is 2. The van der Waals surface area contributed by atoms with E-state index in [0.29, 0.717) is 16.9 Å². The van der Waals surface area contributed by atoms with E-state index in [0.717, 1.165) is 41.8 Å². The van der Waals surface area contributed by atoms with Gasteiger partial charge in [-0.3, -0.25) is 14.6 Å². The summed E-state index contributed by atoms with van der Waals surface area (Å²) in [5, 5.41) is 2.96. The van der Waals surface area contributed by atoms with Gasteiger partial charge in [-0.1, -0.05) is 18.2 Å². The number of anilines is 1. The van der Waals surface area contributed by atoms with E-state index in [-0.39, 0.29) is 18.5 Å². The highest BCUT2D eigenvalue weighted by Crippen LogP contribution is 2.24. The zero-order valence-corrected chi connectivity index (χ0v) is 20.1. The molecule has 7 heteroatoms. The molecule has 0 radical (unpaired) electrons. The summed E-state index contributed by atoms with van der Waals surface area (Å²) in [5.74, 6) is 0.298. The van der Waals surface area contributed by atoms with Gasteiger partial charge in [-0.05, 0) is 81.0 Å². The minimum Gasteiger partial charge on any atom is -0.496 e. The number of benzene rings is 2. The van der Waals surface area contributed by atoms with Gasteiger partial charge in [-0.2, -0.15) is 0 Å². The fourth-order valence-electron chi connectivity index (χ4n) is 3.51. The first-order chi connectivity index (χ1) is 16.4. The van der Waals surface area contributed by atoms with Crippen LogP contribution in [0.15, 0.2) is 60.8 Å². The van der Waals surface area contributed by atoms with Crippen molar-refractivity contribution < 1.29 is 19.1 Å². The van der Waals surface area contributed by atoms with E-state index in [1.807, 2.05) is 62.6 Å². The molecule has 3 rings (SSSR count). The molecule has 0 saturated carbocycles. The van der Waals surface area contributed by atoms with Crippen molar-refractivity contribution in [2.24, 2.45) is 0 Å². The first-order valence-corrected chi connectivity index (χ1v) is 11.2. The number of carbonyl (C=O) groups excluding carboxylic acids is 2. The molecule has 1 amide bonds. The number of carbonyl (C=O) groups is 2. The van der Waals surface area contributed by atoms with Crippen molar-refractivity contribution in [1.29, 1.82) is 0 Å². The Kier molecular flexibility index (Phi) is 8.76. The molecule has 34 heavy (non-hydrogen) atoms. The number of aryl methyl sites for hydroxylation is 1. The zero-order valence-electron chi connectivity index (χ0n) is 20.1. The second-order valence-electron chi connectivity index (χ2n) is 8.28. The molecule has 0 aliphatic carbocycles. The standard InChI is InChI=1S/C27H31N3O4/c1-19(31)34-18-25-13-9-23(17-28-25)20-7-11-24(12-8-20)29-27(32)22-10-14-26(33-4)21(16-22)6-5-15-30(2)3/h7-14,16-17H,5-6,15,18H2,1-4H3,(H,29,32). The third kappa shape index (κ3) is 7.15. The van der Waals surface area contributed by atoms with E-state index in [9.17, 15) is 9.59 Å². The van der Waals surface area contributed by atoms with Crippen LogP contribution < -0.4 is 10.1 Å². The van der Waals surface area contributed by atoms with Gasteiger partial charge in [-0.15, -0.1) is 0 Å². The summed E-state index contributed by atoms with van der Waals surface area (Å²) in [6.07, 6.45) is 3.56. The molecule has 0 aliphatic heterocycles. The lowest BCUT2D eigenvalue weighted by Gasteiger charge is -2.13. The Balaban J connectivity index is 1.64. The highest BCUT2D eigenvalue weighted by Gasteiger charge is 2.11. The molecule has 3 aromatic rings. The number of rotatable bonds is 10. The number of esters is 1. The van der Waals surface area contributed by atoms with Crippen LogP contribution in [0.2, 0.25) is 0 Å². The van der Waals surface area contributed by atoms with Gasteiger partial charge < -0.3 is 19.7 Å². The normalized spacial score (nSPS) is 10.7. The molecule has 1 N–H and O–H groups in total. The van der Waals surface area contributed by atoms with Crippen LogP contribution in [0.4, 0.5) is 5.69 Å². The van der Waals surface area contributed by atoms with E-state index in [1.54, 1.807) is 19.4 Å². The number of methoxy groups -OCH3 is 1. The molecule has 0 fully saturated rings. The van der Waals surface area contributed by atoms with Crippen LogP contribution in [0.5, 0.6) is 5.75 Å². The van der Waals surface area contributed by atoms with Crippen molar-refractivity contribution in [3.8, 4) is 16.9 Å². The molecule has 0 spiro atoms. The second kappa shape index (κ2) is 12.0. The summed E-state index contributed by atoms with van der Waals surface area (Å²) >= 11 is 0. The molecule has 0 aliphatic rings. The first-order valence-electron chi connectivity index (χ1n) is 11.2. The monoisotopic (exact) mass is 461 g/mol. The van der Waals surface area contributed by atoms with Crippen molar-refractivity contribution >= 4 is 17.6 Å². The van der Waals surface area contributed by atoms with Crippen LogP contribution in [0.25, 0.3) is 11.1 Å². The molecule has 0 saturated heterocycles. The molecular formula is C27H31N3O4. The third-order valence-corrected chi connectivity index (χ3v) is 5.32. The zero-order chi connectivity index (χ0) is 24.5. The summed E-state index contributed by atoms with van der Waals surface area (Å²) < 4.78 is 10.4. The Hall–Kier alpha value is -3.71. The Bertz CT molecular complexity index is 1110. The Morgan fingerprint density at radius 2 is 1.74 bits per heavy atom. The number of pyridine rings is 1. The lowest BCUT2D eigenvalue weighted by atomic mass is 10.0. The summed E-state index contributed by atoms with van der Waals surface area (Å²) in [5.41, 5.74) is 4.91. The van der Waals surface area contributed by atoms with Crippen LogP contribution in [0.3, 0.4) is 0 Å². The number of hydrogen-bond donors (Lipinski definition) is 1. The topological polar surface area (TPSA) is 80.8 Å². The summed E-state index contributed by atoms with van der Waals surface area (Å²) in [7, 11) is 5.74. The van der Waals surface area contributed by atoms with Crippen LogP contribution >= 0.6 is 0 Å². The average Bonchev–Trinajstić information content (AvgIpc) is 2.83. The number of amides is 1. The predicted molar refractivity (Wildman–Crippen MR) is 133 cm³/mol. The second-order valence-corrected chi connectivity index (χ2v) is 8.28. The van der Waals surface area contributed by atoms with E-state index in [2.05, 4.69) is 15.2 Å². The first kappa shape index (κ1) is 24.9. The van der Waals surface area contributed by atoms with Gasteiger partial charge in [0, 0.05) is 29.9 Å². The molecule has 0 bridgehead atoms. The predicted octanol–water partition coefficient (Wildman–Crippen LogP) is 4.57. The number of ether oxygens (including phenoxy) is 2. The molecule has 1 heterocycles. The van der Waals surface area contributed by atoms with Gasteiger partial charge in [0.25, 0.3) is 5.91 Å².